The zero-order valence-corrected chi connectivity index (χ0v) is 19.8. The number of fused-ring (bicyclic) bond motifs is 1. The van der Waals surface area contributed by atoms with Gasteiger partial charge in [0.25, 0.3) is 0 Å². The highest BCUT2D eigenvalue weighted by molar-refractivity contribution is 7.98. The summed E-state index contributed by atoms with van der Waals surface area (Å²) in [6, 6.07) is 18.8. The molecule has 0 saturated carbocycles. The minimum absolute atomic E-state index is 0.213. The maximum absolute atomic E-state index is 12.6. The Bertz CT molecular complexity index is 1420. The van der Waals surface area contributed by atoms with E-state index in [1.165, 1.54) is 11.8 Å². The maximum Gasteiger partial charge on any atom is 0.374 e. The van der Waals surface area contributed by atoms with E-state index in [1.807, 2.05) is 65.2 Å². The van der Waals surface area contributed by atoms with Gasteiger partial charge < -0.3 is 13.6 Å². The average molecular weight is 494 g/mol. The topological polar surface area (TPSA) is 83.3 Å². The van der Waals surface area contributed by atoms with Gasteiger partial charge in [0.05, 0.1) is 19.4 Å². The molecule has 0 fully saturated rings. The molecule has 0 unspecified atom stereocenters. The van der Waals surface area contributed by atoms with Gasteiger partial charge in [-0.05, 0) is 49.4 Å². The first-order valence-corrected chi connectivity index (χ1v) is 12.0. The number of hydrogen-bond acceptors (Lipinski definition) is 7. The molecular weight excluding hydrogens is 474 g/mol. The average Bonchev–Trinajstić information content (AvgIpc) is 3.58. The largest absolute Gasteiger partial charge is 0.467 e. The summed E-state index contributed by atoms with van der Waals surface area (Å²) in [6.07, 6.45) is 1.64. The summed E-state index contributed by atoms with van der Waals surface area (Å²) >= 11 is 7.53. The Morgan fingerprint density at radius 3 is 2.68 bits per heavy atom. The Morgan fingerprint density at radius 1 is 1.09 bits per heavy atom. The molecule has 3 aromatic heterocycles. The lowest BCUT2D eigenvalue weighted by molar-refractivity contribution is 0.0491. The molecule has 0 spiro atoms. The van der Waals surface area contributed by atoms with Gasteiger partial charge in [-0.1, -0.05) is 41.6 Å². The number of carbonyl (C=O) groups is 1. The Labute approximate surface area is 204 Å². The first-order valence-electron chi connectivity index (χ1n) is 10.7. The molecule has 0 amide bonds. The van der Waals surface area contributed by atoms with Gasteiger partial charge in [-0.15, -0.1) is 10.2 Å². The van der Waals surface area contributed by atoms with Crippen LogP contribution in [-0.4, -0.2) is 27.3 Å². The number of thioether (sulfide) groups is 1. The van der Waals surface area contributed by atoms with Crippen molar-refractivity contribution < 1.29 is 18.4 Å². The number of ether oxygens (including phenoxy) is 1. The van der Waals surface area contributed by atoms with E-state index in [4.69, 9.17) is 25.2 Å². The highest BCUT2D eigenvalue weighted by Gasteiger charge is 2.23. The standard InChI is InChI=1S/C25H20ClN3O4S/c1-2-31-24(30)22-20(19-7-3-4-8-21(19)33-22)15-34-25-28-27-23(16-9-11-17(26)12-10-16)29(25)14-18-6-5-13-32-18/h3-13H,2,14-15H2,1H3. The van der Waals surface area contributed by atoms with Gasteiger partial charge >= 0.3 is 5.97 Å². The molecule has 0 aliphatic rings. The van der Waals surface area contributed by atoms with Crippen LogP contribution in [0.15, 0.2) is 80.9 Å². The lowest BCUT2D eigenvalue weighted by Gasteiger charge is -2.09. The van der Waals surface area contributed by atoms with E-state index >= 15 is 0 Å². The van der Waals surface area contributed by atoms with Crippen LogP contribution in [0.1, 0.15) is 28.8 Å². The third-order valence-corrected chi connectivity index (χ3v) is 6.46. The lowest BCUT2D eigenvalue weighted by atomic mass is 10.1. The highest BCUT2D eigenvalue weighted by atomic mass is 35.5. The molecule has 0 atom stereocenters. The number of nitrogens with zero attached hydrogens (tertiary/aromatic N) is 3. The fraction of sp³-hybridized carbons (Fsp3) is 0.160. The van der Waals surface area contributed by atoms with Crippen molar-refractivity contribution in [2.45, 2.75) is 24.4 Å². The van der Waals surface area contributed by atoms with E-state index in [1.54, 1.807) is 13.2 Å². The van der Waals surface area contributed by atoms with Gasteiger partial charge in [-0.2, -0.15) is 0 Å². The first kappa shape index (κ1) is 22.3. The zero-order chi connectivity index (χ0) is 23.5. The minimum atomic E-state index is -0.479. The smallest absolute Gasteiger partial charge is 0.374 e. The van der Waals surface area contributed by atoms with Crippen LogP contribution in [0.4, 0.5) is 0 Å². The molecule has 5 aromatic rings. The molecular formula is C25H20ClN3O4S. The summed E-state index contributed by atoms with van der Waals surface area (Å²) in [4.78, 5) is 12.6. The second-order valence-corrected chi connectivity index (χ2v) is 8.77. The SMILES string of the molecule is CCOC(=O)c1oc2ccccc2c1CSc1nnc(-c2ccc(Cl)cc2)n1Cc1ccco1. The van der Waals surface area contributed by atoms with Crippen LogP contribution in [0.5, 0.6) is 0 Å². The molecule has 0 aliphatic carbocycles. The summed E-state index contributed by atoms with van der Waals surface area (Å²) in [5, 5.41) is 11.1. The lowest BCUT2D eigenvalue weighted by Crippen LogP contribution is -2.06. The predicted molar refractivity (Wildman–Crippen MR) is 130 cm³/mol. The van der Waals surface area contributed by atoms with E-state index in [2.05, 4.69) is 10.2 Å². The van der Waals surface area contributed by atoms with E-state index in [0.29, 0.717) is 33.9 Å². The quantitative estimate of drug-likeness (QED) is 0.181. The molecule has 2 aromatic carbocycles. The monoisotopic (exact) mass is 493 g/mol. The van der Waals surface area contributed by atoms with Crippen molar-refractivity contribution in [3.63, 3.8) is 0 Å². The van der Waals surface area contributed by atoms with Crippen molar-refractivity contribution >= 4 is 40.3 Å². The van der Waals surface area contributed by atoms with E-state index in [9.17, 15) is 4.79 Å². The molecule has 9 heteroatoms. The number of para-hydroxylation sites is 1. The van der Waals surface area contributed by atoms with Gasteiger partial charge in [0.15, 0.2) is 11.0 Å². The van der Waals surface area contributed by atoms with Crippen molar-refractivity contribution in [1.82, 2.24) is 14.8 Å². The van der Waals surface area contributed by atoms with E-state index in [0.717, 1.165) is 22.3 Å². The number of halogens is 1. The molecule has 0 radical (unpaired) electrons. The summed E-state index contributed by atoms with van der Waals surface area (Å²) in [7, 11) is 0. The highest BCUT2D eigenvalue weighted by Crippen LogP contribution is 2.33. The molecule has 0 N–H and O–H groups in total. The van der Waals surface area contributed by atoms with Crippen LogP contribution < -0.4 is 0 Å². The van der Waals surface area contributed by atoms with E-state index < -0.39 is 5.97 Å². The summed E-state index contributed by atoms with van der Waals surface area (Å²) in [5.74, 6) is 1.65. The van der Waals surface area contributed by atoms with Crippen LogP contribution in [0.3, 0.4) is 0 Å². The van der Waals surface area contributed by atoms with Gasteiger partial charge in [0, 0.05) is 27.3 Å². The normalized spacial score (nSPS) is 11.2. The van der Waals surface area contributed by atoms with Gasteiger partial charge in [-0.25, -0.2) is 4.79 Å². The molecule has 0 bridgehead atoms. The van der Waals surface area contributed by atoms with Crippen LogP contribution in [0.2, 0.25) is 5.02 Å². The second-order valence-electron chi connectivity index (χ2n) is 7.39. The van der Waals surface area contributed by atoms with Crippen molar-refractivity contribution in [2.75, 3.05) is 6.61 Å². The fourth-order valence-corrected chi connectivity index (χ4v) is 4.74. The maximum atomic E-state index is 12.6. The Hall–Kier alpha value is -3.49. The van der Waals surface area contributed by atoms with Crippen molar-refractivity contribution in [2.24, 2.45) is 0 Å². The van der Waals surface area contributed by atoms with Crippen LogP contribution in [0.25, 0.3) is 22.4 Å². The summed E-state index contributed by atoms with van der Waals surface area (Å²) in [6.45, 7) is 2.49. The third-order valence-electron chi connectivity index (χ3n) is 5.22. The number of carbonyl (C=O) groups excluding carboxylic acids is 1. The number of furan rings is 2. The van der Waals surface area contributed by atoms with Gasteiger partial charge in [-0.3, -0.25) is 4.57 Å². The van der Waals surface area contributed by atoms with Crippen molar-refractivity contribution in [3.05, 3.63) is 89.0 Å². The first-order chi connectivity index (χ1) is 16.6. The molecule has 0 aliphatic heterocycles. The molecule has 34 heavy (non-hydrogen) atoms. The van der Waals surface area contributed by atoms with E-state index in [-0.39, 0.29) is 12.4 Å². The number of benzene rings is 2. The minimum Gasteiger partial charge on any atom is -0.467 e. The second kappa shape index (κ2) is 9.79. The van der Waals surface area contributed by atoms with Crippen LogP contribution in [0, 0.1) is 0 Å². The van der Waals surface area contributed by atoms with Gasteiger partial charge in [0.2, 0.25) is 5.76 Å². The Morgan fingerprint density at radius 2 is 1.91 bits per heavy atom. The molecule has 7 nitrogen and oxygen atoms in total. The molecule has 5 rings (SSSR count). The Balaban J connectivity index is 1.50. The predicted octanol–water partition coefficient (Wildman–Crippen LogP) is 6.46. The zero-order valence-electron chi connectivity index (χ0n) is 18.2. The summed E-state index contributed by atoms with van der Waals surface area (Å²) in [5.41, 5.74) is 2.29. The Kier molecular flexibility index (Phi) is 6.42. The number of hydrogen-bond donors (Lipinski definition) is 0. The van der Waals surface area contributed by atoms with Gasteiger partial charge in [0.1, 0.15) is 11.3 Å². The van der Waals surface area contributed by atoms with Crippen molar-refractivity contribution in [3.8, 4) is 11.4 Å². The molecule has 172 valence electrons. The number of esters is 1. The van der Waals surface area contributed by atoms with Crippen LogP contribution >= 0.6 is 23.4 Å². The summed E-state index contributed by atoms with van der Waals surface area (Å²) < 4.78 is 18.6. The molecule has 0 saturated heterocycles. The number of rotatable bonds is 8. The molecule has 3 heterocycles. The third kappa shape index (κ3) is 4.47. The van der Waals surface area contributed by atoms with Crippen LogP contribution in [-0.2, 0) is 17.0 Å². The van der Waals surface area contributed by atoms with Crippen molar-refractivity contribution in [1.29, 1.82) is 0 Å². The number of aromatic nitrogens is 3. The fourth-order valence-electron chi connectivity index (χ4n) is 3.65.